The zero-order chi connectivity index (χ0) is 12.5. The van der Waals surface area contributed by atoms with E-state index in [1.165, 1.54) is 30.0 Å². The number of anilines is 1. The van der Waals surface area contributed by atoms with E-state index in [0.717, 1.165) is 17.4 Å². The van der Waals surface area contributed by atoms with Crippen molar-refractivity contribution in [2.75, 3.05) is 5.32 Å². The van der Waals surface area contributed by atoms with Crippen LogP contribution in [0.15, 0.2) is 24.3 Å². The topological polar surface area (TPSA) is 37.8 Å². The summed E-state index contributed by atoms with van der Waals surface area (Å²) >= 11 is 0. The molecule has 0 spiro atoms. The van der Waals surface area contributed by atoms with E-state index < -0.39 is 0 Å². The fourth-order valence-electron chi connectivity index (χ4n) is 2.49. The summed E-state index contributed by atoms with van der Waals surface area (Å²) in [5.74, 6) is 1.85. The van der Waals surface area contributed by atoms with Crippen LogP contribution in [0.2, 0.25) is 0 Å². The van der Waals surface area contributed by atoms with E-state index in [0.29, 0.717) is 6.04 Å². The third kappa shape index (κ3) is 2.30. The van der Waals surface area contributed by atoms with Gasteiger partial charge < -0.3 is 5.32 Å². The molecule has 3 heteroatoms. The number of nitrogens with zero attached hydrogens (tertiary/aromatic N) is 2. The Balaban J connectivity index is 1.88. The number of benzene rings is 1. The predicted octanol–water partition coefficient (Wildman–Crippen LogP) is 3.54. The largest absolute Gasteiger partial charge is 0.366 e. The number of hydrogen-bond donors (Lipinski definition) is 1. The molecule has 1 aromatic heterocycles. The van der Waals surface area contributed by atoms with Gasteiger partial charge in [-0.3, -0.25) is 0 Å². The molecule has 3 nitrogen and oxygen atoms in total. The first-order chi connectivity index (χ1) is 8.74. The number of rotatable bonds is 4. The summed E-state index contributed by atoms with van der Waals surface area (Å²) in [6.45, 7) is 4.24. The van der Waals surface area contributed by atoms with E-state index in [9.17, 15) is 0 Å². The number of aromatic nitrogens is 2. The van der Waals surface area contributed by atoms with Crippen molar-refractivity contribution in [3.05, 3.63) is 30.0 Å². The van der Waals surface area contributed by atoms with Crippen LogP contribution in [0.1, 0.15) is 31.9 Å². The number of aryl methyl sites for hydroxylation is 1. The van der Waals surface area contributed by atoms with Gasteiger partial charge >= 0.3 is 0 Å². The minimum atomic E-state index is 0.470. The van der Waals surface area contributed by atoms with Gasteiger partial charge in [-0.25, -0.2) is 0 Å². The molecule has 1 N–H and O–H groups in total. The van der Waals surface area contributed by atoms with Crippen molar-refractivity contribution in [2.45, 2.75) is 39.2 Å². The minimum absolute atomic E-state index is 0.470. The molecule has 94 valence electrons. The van der Waals surface area contributed by atoms with Crippen LogP contribution < -0.4 is 5.32 Å². The first-order valence-corrected chi connectivity index (χ1v) is 6.72. The highest BCUT2D eigenvalue weighted by atomic mass is 15.2. The lowest BCUT2D eigenvalue weighted by Gasteiger charge is -2.15. The quantitative estimate of drug-likeness (QED) is 0.889. The van der Waals surface area contributed by atoms with Gasteiger partial charge in [-0.1, -0.05) is 37.1 Å². The third-order valence-electron chi connectivity index (χ3n) is 3.64. The zero-order valence-electron chi connectivity index (χ0n) is 11.0. The maximum Gasteiger partial charge on any atom is 0.156 e. The Labute approximate surface area is 108 Å². The van der Waals surface area contributed by atoms with Gasteiger partial charge in [0, 0.05) is 16.8 Å². The lowest BCUT2D eigenvalue weighted by atomic mass is 10.1. The third-order valence-corrected chi connectivity index (χ3v) is 3.64. The molecule has 1 aliphatic carbocycles. The number of nitrogens with one attached hydrogen (secondary N) is 1. The Kier molecular flexibility index (Phi) is 2.90. The van der Waals surface area contributed by atoms with E-state index in [2.05, 4.69) is 46.7 Å². The Morgan fingerprint density at radius 1 is 1.22 bits per heavy atom. The van der Waals surface area contributed by atoms with Gasteiger partial charge in [0.05, 0.1) is 5.69 Å². The van der Waals surface area contributed by atoms with Crippen molar-refractivity contribution in [1.29, 1.82) is 0 Å². The summed E-state index contributed by atoms with van der Waals surface area (Å²) < 4.78 is 0. The molecular weight excluding hydrogens is 222 g/mol. The molecular formula is C15H19N3. The molecule has 0 radical (unpaired) electrons. The first-order valence-electron chi connectivity index (χ1n) is 6.72. The molecule has 1 heterocycles. The molecule has 1 aromatic carbocycles. The Bertz CT molecular complexity index is 561. The van der Waals surface area contributed by atoms with Gasteiger partial charge in [-0.15, -0.1) is 5.10 Å². The molecule has 1 fully saturated rings. The van der Waals surface area contributed by atoms with Crippen molar-refractivity contribution < 1.29 is 0 Å². The molecule has 3 rings (SSSR count). The van der Waals surface area contributed by atoms with Gasteiger partial charge in [0.2, 0.25) is 0 Å². The molecule has 0 saturated heterocycles. The summed E-state index contributed by atoms with van der Waals surface area (Å²) in [5.41, 5.74) is 0.992. The fraction of sp³-hybridized carbons (Fsp3) is 0.467. The Morgan fingerprint density at radius 2 is 1.94 bits per heavy atom. The summed E-state index contributed by atoms with van der Waals surface area (Å²) in [6.07, 6.45) is 4.03. The van der Waals surface area contributed by atoms with Crippen molar-refractivity contribution in [1.82, 2.24) is 10.2 Å². The van der Waals surface area contributed by atoms with Gasteiger partial charge in [0.25, 0.3) is 0 Å². The fourth-order valence-corrected chi connectivity index (χ4v) is 2.49. The minimum Gasteiger partial charge on any atom is -0.366 e. The lowest BCUT2D eigenvalue weighted by Crippen LogP contribution is -2.17. The highest BCUT2D eigenvalue weighted by Crippen LogP contribution is 2.34. The molecule has 1 atom stereocenters. The lowest BCUT2D eigenvalue weighted by molar-refractivity contribution is 0.639. The van der Waals surface area contributed by atoms with E-state index >= 15 is 0 Å². The Hall–Kier alpha value is -1.64. The predicted molar refractivity (Wildman–Crippen MR) is 74.7 cm³/mol. The van der Waals surface area contributed by atoms with Crippen LogP contribution in [-0.4, -0.2) is 16.2 Å². The van der Waals surface area contributed by atoms with Gasteiger partial charge in [0.15, 0.2) is 5.82 Å². The molecule has 0 aliphatic heterocycles. The number of hydrogen-bond acceptors (Lipinski definition) is 3. The van der Waals surface area contributed by atoms with Crippen LogP contribution in [0.25, 0.3) is 10.8 Å². The summed E-state index contributed by atoms with van der Waals surface area (Å²) in [5, 5.41) is 14.4. The van der Waals surface area contributed by atoms with Crippen molar-refractivity contribution >= 4 is 16.6 Å². The molecule has 18 heavy (non-hydrogen) atoms. The molecule has 2 aromatic rings. The van der Waals surface area contributed by atoms with Crippen LogP contribution in [0, 0.1) is 12.8 Å². The normalized spacial score (nSPS) is 16.8. The van der Waals surface area contributed by atoms with Crippen molar-refractivity contribution in [2.24, 2.45) is 5.92 Å². The second-order valence-electron chi connectivity index (χ2n) is 5.40. The van der Waals surface area contributed by atoms with E-state index in [1.807, 2.05) is 6.92 Å². The first kappa shape index (κ1) is 11.5. The highest BCUT2D eigenvalue weighted by Gasteiger charge is 2.23. The van der Waals surface area contributed by atoms with Crippen molar-refractivity contribution in [3.63, 3.8) is 0 Å². The standard InChI is InChI=1S/C15H19N3/c1-10(9-12-7-8-12)16-15-14-6-4-3-5-13(14)11(2)17-18-15/h3-6,10,12H,7-9H2,1-2H3,(H,16,18). The Morgan fingerprint density at radius 3 is 2.67 bits per heavy atom. The van der Waals surface area contributed by atoms with Crippen LogP contribution in [-0.2, 0) is 0 Å². The monoisotopic (exact) mass is 241 g/mol. The SMILES string of the molecule is Cc1nnc(NC(C)CC2CC2)c2ccccc12. The maximum absolute atomic E-state index is 4.31. The van der Waals surface area contributed by atoms with Crippen LogP contribution in [0.3, 0.4) is 0 Å². The summed E-state index contributed by atoms with van der Waals surface area (Å²) in [4.78, 5) is 0. The van der Waals surface area contributed by atoms with Crippen molar-refractivity contribution in [3.8, 4) is 0 Å². The zero-order valence-corrected chi connectivity index (χ0v) is 11.0. The molecule has 1 unspecified atom stereocenters. The second kappa shape index (κ2) is 4.56. The van der Waals surface area contributed by atoms with Gasteiger partial charge in [0.1, 0.15) is 0 Å². The molecule has 0 bridgehead atoms. The maximum atomic E-state index is 4.31. The van der Waals surface area contributed by atoms with E-state index in [1.54, 1.807) is 0 Å². The molecule has 0 amide bonds. The van der Waals surface area contributed by atoms with Gasteiger partial charge in [-0.2, -0.15) is 5.10 Å². The van der Waals surface area contributed by atoms with E-state index in [4.69, 9.17) is 0 Å². The van der Waals surface area contributed by atoms with Crippen LogP contribution in [0.5, 0.6) is 0 Å². The average Bonchev–Trinajstić information content (AvgIpc) is 3.17. The second-order valence-corrected chi connectivity index (χ2v) is 5.40. The molecule has 1 saturated carbocycles. The smallest absolute Gasteiger partial charge is 0.156 e. The summed E-state index contributed by atoms with van der Waals surface area (Å²) in [7, 11) is 0. The molecule has 1 aliphatic rings. The van der Waals surface area contributed by atoms with Crippen LogP contribution in [0.4, 0.5) is 5.82 Å². The van der Waals surface area contributed by atoms with Gasteiger partial charge in [-0.05, 0) is 26.2 Å². The highest BCUT2D eigenvalue weighted by molar-refractivity contribution is 5.92. The van der Waals surface area contributed by atoms with Crippen LogP contribution >= 0.6 is 0 Å². The van der Waals surface area contributed by atoms with E-state index in [-0.39, 0.29) is 0 Å². The number of fused-ring (bicyclic) bond motifs is 1. The average molecular weight is 241 g/mol. The summed E-state index contributed by atoms with van der Waals surface area (Å²) in [6, 6.07) is 8.80.